The zero-order chi connectivity index (χ0) is 27.8. The van der Waals surface area contributed by atoms with Crippen molar-refractivity contribution in [3.8, 4) is 0 Å². The number of unbranched alkanes of at least 4 members (excludes halogenated alkanes) is 1. The molecule has 11 heteroatoms. The number of likely N-dealkylation sites (tertiary alicyclic amines) is 1. The molecule has 0 spiro atoms. The van der Waals surface area contributed by atoms with Gasteiger partial charge >= 0.3 is 5.97 Å². The summed E-state index contributed by atoms with van der Waals surface area (Å²) in [5.41, 5.74) is 13.7. The van der Waals surface area contributed by atoms with Crippen LogP contribution in [0.2, 0.25) is 0 Å². The summed E-state index contributed by atoms with van der Waals surface area (Å²) in [7, 11) is 0. The number of aromatic amines is 1. The first kappa shape index (κ1) is 29.1. The first-order chi connectivity index (χ1) is 18.1. The number of carboxylic acid groups (broad SMARTS) is 1. The molecule has 38 heavy (non-hydrogen) atoms. The van der Waals surface area contributed by atoms with E-state index in [0.717, 1.165) is 16.5 Å². The lowest BCUT2D eigenvalue weighted by Crippen LogP contribution is -2.58. The van der Waals surface area contributed by atoms with E-state index in [-0.39, 0.29) is 12.3 Å². The number of carbonyl (C=O) groups excluding carboxylic acids is 3. The van der Waals surface area contributed by atoms with Crippen molar-refractivity contribution in [2.24, 2.45) is 17.4 Å². The number of H-pyrrole nitrogens is 1. The van der Waals surface area contributed by atoms with Gasteiger partial charge in [0.25, 0.3) is 0 Å². The number of carboxylic acids is 1. The first-order valence-electron chi connectivity index (χ1n) is 13.3. The molecule has 1 aliphatic rings. The highest BCUT2D eigenvalue weighted by Gasteiger charge is 2.39. The number of aromatic nitrogens is 1. The Kier molecular flexibility index (Phi) is 10.3. The predicted octanol–water partition coefficient (Wildman–Crippen LogP) is 0.868. The standard InChI is InChI=1S/C27H40N6O5/c1-16(2)23(26(36)33-13-7-11-22(33)27(37)38)32-25(35)21(10-5-6-12-28)31-24(34)19(29)14-17-15-30-20-9-4-3-8-18(17)20/h3-4,8-9,15-16,19,21-23,30H,5-7,10-14,28-29H2,1-2H3,(H,31,34)(H,32,35)(H,37,38). The minimum atomic E-state index is -1.05. The number of fused-ring (bicyclic) bond motifs is 1. The molecular weight excluding hydrogens is 488 g/mol. The average Bonchev–Trinajstić information content (AvgIpc) is 3.54. The summed E-state index contributed by atoms with van der Waals surface area (Å²) in [6.07, 6.45) is 4.67. The number of aliphatic carboxylic acids is 1. The van der Waals surface area contributed by atoms with Crippen LogP contribution in [0.1, 0.15) is 51.5 Å². The number of para-hydroxylation sites is 1. The molecule has 0 saturated carbocycles. The molecule has 3 rings (SSSR count). The van der Waals surface area contributed by atoms with E-state index in [2.05, 4.69) is 15.6 Å². The molecule has 11 nitrogen and oxygen atoms in total. The Morgan fingerprint density at radius 2 is 1.87 bits per heavy atom. The van der Waals surface area contributed by atoms with E-state index in [1.54, 1.807) is 13.8 Å². The van der Waals surface area contributed by atoms with Crippen molar-refractivity contribution in [3.05, 3.63) is 36.0 Å². The van der Waals surface area contributed by atoms with Crippen LogP contribution >= 0.6 is 0 Å². The van der Waals surface area contributed by atoms with Gasteiger partial charge in [-0.15, -0.1) is 0 Å². The molecule has 4 unspecified atom stereocenters. The maximum absolute atomic E-state index is 13.3. The molecule has 1 saturated heterocycles. The Labute approximate surface area is 222 Å². The Bertz CT molecular complexity index is 1130. The molecule has 8 N–H and O–H groups in total. The van der Waals surface area contributed by atoms with Crippen molar-refractivity contribution in [1.82, 2.24) is 20.5 Å². The lowest BCUT2D eigenvalue weighted by molar-refractivity contribution is -0.150. The quantitative estimate of drug-likeness (QED) is 0.208. The van der Waals surface area contributed by atoms with Gasteiger partial charge in [0.05, 0.1) is 6.04 Å². The Morgan fingerprint density at radius 1 is 1.13 bits per heavy atom. The van der Waals surface area contributed by atoms with Gasteiger partial charge in [0.15, 0.2) is 0 Å². The Hall–Kier alpha value is -3.44. The van der Waals surface area contributed by atoms with E-state index >= 15 is 0 Å². The lowest BCUT2D eigenvalue weighted by atomic mass is 10.00. The number of nitrogens with two attached hydrogens (primary N) is 2. The third kappa shape index (κ3) is 7.11. The third-order valence-electron chi connectivity index (χ3n) is 7.08. The molecule has 0 aliphatic carbocycles. The van der Waals surface area contributed by atoms with Crippen LogP contribution in [0.3, 0.4) is 0 Å². The summed E-state index contributed by atoms with van der Waals surface area (Å²) in [5, 5.41) is 16.0. The van der Waals surface area contributed by atoms with Crippen LogP contribution in [0.25, 0.3) is 10.9 Å². The first-order valence-corrected chi connectivity index (χ1v) is 13.3. The van der Waals surface area contributed by atoms with Crippen molar-refractivity contribution >= 4 is 34.6 Å². The summed E-state index contributed by atoms with van der Waals surface area (Å²) >= 11 is 0. The molecule has 208 valence electrons. The highest BCUT2D eigenvalue weighted by molar-refractivity contribution is 5.94. The number of hydrogen-bond acceptors (Lipinski definition) is 6. The maximum atomic E-state index is 13.3. The normalized spacial score (nSPS) is 17.8. The smallest absolute Gasteiger partial charge is 0.326 e. The minimum absolute atomic E-state index is 0.283. The summed E-state index contributed by atoms with van der Waals surface area (Å²) < 4.78 is 0. The SMILES string of the molecule is CC(C)C(NC(=O)C(CCCCN)NC(=O)C(N)Cc1c[nH]c2ccccc12)C(=O)N1CCCC1C(=O)O. The zero-order valence-electron chi connectivity index (χ0n) is 22.1. The van der Waals surface area contributed by atoms with Crippen molar-refractivity contribution in [3.63, 3.8) is 0 Å². The minimum Gasteiger partial charge on any atom is -0.480 e. The highest BCUT2D eigenvalue weighted by atomic mass is 16.4. The highest BCUT2D eigenvalue weighted by Crippen LogP contribution is 2.21. The van der Waals surface area contributed by atoms with Crippen LogP contribution < -0.4 is 22.1 Å². The van der Waals surface area contributed by atoms with Gasteiger partial charge in [-0.25, -0.2) is 4.79 Å². The number of nitrogens with one attached hydrogen (secondary N) is 3. The fourth-order valence-electron chi connectivity index (χ4n) is 4.90. The number of carbonyl (C=O) groups is 4. The number of rotatable bonds is 13. The second-order valence-corrected chi connectivity index (χ2v) is 10.3. The van der Waals surface area contributed by atoms with Gasteiger partial charge in [0, 0.05) is 23.6 Å². The Balaban J connectivity index is 1.69. The van der Waals surface area contributed by atoms with Gasteiger partial charge in [-0.1, -0.05) is 32.0 Å². The molecule has 1 aromatic carbocycles. The molecule has 2 aromatic rings. The molecular formula is C27H40N6O5. The van der Waals surface area contributed by atoms with Gasteiger partial charge in [-0.3, -0.25) is 14.4 Å². The van der Waals surface area contributed by atoms with Crippen molar-refractivity contribution in [2.45, 2.75) is 76.5 Å². The van der Waals surface area contributed by atoms with Crippen molar-refractivity contribution in [1.29, 1.82) is 0 Å². The summed E-state index contributed by atoms with van der Waals surface area (Å²) in [6, 6.07) is 4.10. The number of benzene rings is 1. The van der Waals surface area contributed by atoms with Gasteiger partial charge in [-0.2, -0.15) is 0 Å². The Morgan fingerprint density at radius 3 is 2.55 bits per heavy atom. The van der Waals surface area contributed by atoms with Crippen LogP contribution in [0.15, 0.2) is 30.5 Å². The van der Waals surface area contributed by atoms with E-state index in [0.29, 0.717) is 45.2 Å². The molecule has 0 bridgehead atoms. The fourth-order valence-corrected chi connectivity index (χ4v) is 4.90. The maximum Gasteiger partial charge on any atom is 0.326 e. The molecule has 1 fully saturated rings. The predicted molar refractivity (Wildman–Crippen MR) is 144 cm³/mol. The van der Waals surface area contributed by atoms with Crippen LogP contribution in [0.5, 0.6) is 0 Å². The second kappa shape index (κ2) is 13.4. The van der Waals surface area contributed by atoms with Gasteiger partial charge in [0.1, 0.15) is 18.1 Å². The number of hydrogen-bond donors (Lipinski definition) is 6. The molecule has 2 heterocycles. The van der Waals surface area contributed by atoms with Gasteiger partial charge in [0.2, 0.25) is 17.7 Å². The van der Waals surface area contributed by atoms with E-state index in [9.17, 15) is 24.3 Å². The van der Waals surface area contributed by atoms with Crippen LogP contribution in [0, 0.1) is 5.92 Å². The second-order valence-electron chi connectivity index (χ2n) is 10.3. The van der Waals surface area contributed by atoms with E-state index in [1.165, 1.54) is 4.90 Å². The molecule has 3 amide bonds. The van der Waals surface area contributed by atoms with Crippen LogP contribution in [0.4, 0.5) is 0 Å². The van der Waals surface area contributed by atoms with Crippen molar-refractivity contribution < 1.29 is 24.3 Å². The van der Waals surface area contributed by atoms with Gasteiger partial charge < -0.3 is 37.1 Å². The van der Waals surface area contributed by atoms with Crippen LogP contribution in [-0.2, 0) is 25.6 Å². The summed E-state index contributed by atoms with van der Waals surface area (Å²) in [4.78, 5) is 55.7. The molecule has 0 radical (unpaired) electrons. The average molecular weight is 529 g/mol. The topological polar surface area (TPSA) is 184 Å². The van der Waals surface area contributed by atoms with Crippen molar-refractivity contribution in [2.75, 3.05) is 13.1 Å². The van der Waals surface area contributed by atoms with E-state index in [1.807, 2.05) is 30.5 Å². The molecule has 1 aliphatic heterocycles. The summed E-state index contributed by atoms with van der Waals surface area (Å²) in [6.45, 7) is 4.34. The van der Waals surface area contributed by atoms with E-state index in [4.69, 9.17) is 11.5 Å². The molecule has 1 aromatic heterocycles. The number of amides is 3. The fraction of sp³-hybridized carbons (Fsp3) is 0.556. The number of nitrogens with zero attached hydrogens (tertiary/aromatic N) is 1. The molecule has 4 atom stereocenters. The van der Waals surface area contributed by atoms with Gasteiger partial charge in [-0.05, 0) is 62.6 Å². The summed E-state index contributed by atoms with van der Waals surface area (Å²) in [5.74, 6) is -2.75. The van der Waals surface area contributed by atoms with E-state index < -0.39 is 47.9 Å². The lowest BCUT2D eigenvalue weighted by Gasteiger charge is -2.30. The largest absolute Gasteiger partial charge is 0.480 e. The zero-order valence-corrected chi connectivity index (χ0v) is 22.1. The van der Waals surface area contributed by atoms with Crippen LogP contribution in [-0.4, -0.2) is 75.9 Å². The third-order valence-corrected chi connectivity index (χ3v) is 7.08. The monoisotopic (exact) mass is 528 g/mol.